The number of benzene rings is 11. The number of aromatic nitrogens is 3. The Bertz CT molecular complexity index is 3870. The zero-order chi connectivity index (χ0) is 41.4. The minimum atomic E-state index is 0.700. The molecule has 0 saturated carbocycles. The first kappa shape index (κ1) is 35.4. The van der Waals surface area contributed by atoms with Crippen molar-refractivity contribution in [3.63, 3.8) is 0 Å². The van der Waals surface area contributed by atoms with Crippen molar-refractivity contribution in [2.75, 3.05) is 0 Å². The molecule has 13 rings (SSSR count). The van der Waals surface area contributed by atoms with Crippen LogP contribution in [-0.4, -0.2) is 14.5 Å². The third-order valence-electron chi connectivity index (χ3n) is 12.9. The van der Waals surface area contributed by atoms with Crippen molar-refractivity contribution in [3.8, 4) is 50.7 Å². The van der Waals surface area contributed by atoms with E-state index in [0.29, 0.717) is 5.82 Å². The standard InChI is InChI=1S/C60H37N3/c1-3-17-39(18-4-1)54-37-55(62-60(61-54)40-19-5-2-6-20-40)42-22-15-23-44(34-42)63-56-33-31-38-16-7-9-24-45(38)58(56)53-35-41-21-8-10-25-46(41)57(59(53)63)43-30-32-51-49-28-12-11-26-47(49)48-27-13-14-29-50(48)52(51)36-43/h1-37H. The summed E-state index contributed by atoms with van der Waals surface area (Å²) in [6.07, 6.45) is 0. The van der Waals surface area contributed by atoms with Gasteiger partial charge in [0.15, 0.2) is 5.82 Å². The van der Waals surface area contributed by atoms with E-state index in [-0.39, 0.29) is 0 Å². The Morgan fingerprint density at radius 1 is 0.302 bits per heavy atom. The Labute approximate surface area is 363 Å². The molecule has 292 valence electrons. The summed E-state index contributed by atoms with van der Waals surface area (Å²) in [4.78, 5) is 10.3. The van der Waals surface area contributed by atoms with Gasteiger partial charge in [0.1, 0.15) is 0 Å². The first-order valence-electron chi connectivity index (χ1n) is 21.6. The van der Waals surface area contributed by atoms with Gasteiger partial charge in [-0.15, -0.1) is 0 Å². The van der Waals surface area contributed by atoms with Crippen LogP contribution in [0, 0.1) is 0 Å². The molecule has 0 N–H and O–H groups in total. The lowest BCUT2D eigenvalue weighted by atomic mass is 9.89. The van der Waals surface area contributed by atoms with Gasteiger partial charge in [-0.3, -0.25) is 0 Å². The van der Waals surface area contributed by atoms with E-state index >= 15 is 0 Å². The number of fused-ring (bicyclic) bond motifs is 12. The Balaban J connectivity index is 1.13. The molecule has 0 radical (unpaired) electrons. The van der Waals surface area contributed by atoms with Gasteiger partial charge < -0.3 is 4.57 Å². The zero-order valence-electron chi connectivity index (χ0n) is 34.2. The van der Waals surface area contributed by atoms with Gasteiger partial charge in [0, 0.05) is 38.7 Å². The van der Waals surface area contributed by atoms with E-state index in [1.54, 1.807) is 0 Å². The van der Waals surface area contributed by atoms with E-state index in [1.807, 2.05) is 24.3 Å². The smallest absolute Gasteiger partial charge is 0.160 e. The number of nitrogens with zero attached hydrogens (tertiary/aromatic N) is 3. The monoisotopic (exact) mass is 799 g/mol. The quantitative estimate of drug-likeness (QED) is 0.162. The first-order chi connectivity index (χ1) is 31.2. The summed E-state index contributed by atoms with van der Waals surface area (Å²) in [5.74, 6) is 0.700. The maximum Gasteiger partial charge on any atom is 0.160 e. The minimum Gasteiger partial charge on any atom is -0.309 e. The average Bonchev–Trinajstić information content (AvgIpc) is 3.70. The molecule has 63 heavy (non-hydrogen) atoms. The fraction of sp³-hybridized carbons (Fsp3) is 0. The molecule has 0 aliphatic rings. The van der Waals surface area contributed by atoms with Crippen LogP contribution in [0.25, 0.3) is 126 Å². The highest BCUT2D eigenvalue weighted by atomic mass is 15.0. The Kier molecular flexibility index (Phi) is 7.91. The largest absolute Gasteiger partial charge is 0.309 e. The minimum absolute atomic E-state index is 0.700. The lowest BCUT2D eigenvalue weighted by Gasteiger charge is -2.17. The maximum absolute atomic E-state index is 5.25. The number of hydrogen-bond acceptors (Lipinski definition) is 2. The molecular formula is C60H37N3. The molecule has 0 saturated heterocycles. The molecule has 0 fully saturated rings. The molecule has 0 atom stereocenters. The molecule has 0 spiro atoms. The molecule has 2 heterocycles. The fourth-order valence-electron chi connectivity index (χ4n) is 10.1. The van der Waals surface area contributed by atoms with Gasteiger partial charge in [0.2, 0.25) is 0 Å². The van der Waals surface area contributed by atoms with E-state index < -0.39 is 0 Å². The van der Waals surface area contributed by atoms with Crippen LogP contribution in [0.4, 0.5) is 0 Å². The van der Waals surface area contributed by atoms with Crippen LogP contribution in [0.5, 0.6) is 0 Å². The van der Waals surface area contributed by atoms with Gasteiger partial charge in [-0.25, -0.2) is 9.97 Å². The predicted octanol–water partition coefficient (Wildman–Crippen LogP) is 16.0. The van der Waals surface area contributed by atoms with E-state index in [2.05, 4.69) is 205 Å². The number of hydrogen-bond donors (Lipinski definition) is 0. The molecular weight excluding hydrogens is 763 g/mol. The lowest BCUT2D eigenvalue weighted by Crippen LogP contribution is -1.99. The summed E-state index contributed by atoms with van der Waals surface area (Å²) in [6, 6.07) is 81.2. The van der Waals surface area contributed by atoms with Crippen molar-refractivity contribution >= 4 is 75.7 Å². The van der Waals surface area contributed by atoms with Crippen molar-refractivity contribution < 1.29 is 0 Å². The maximum atomic E-state index is 5.25. The third kappa shape index (κ3) is 5.60. The predicted molar refractivity (Wildman–Crippen MR) is 266 cm³/mol. The highest BCUT2D eigenvalue weighted by Crippen LogP contribution is 2.46. The Morgan fingerprint density at radius 3 is 1.57 bits per heavy atom. The first-order valence-corrected chi connectivity index (χ1v) is 21.6. The average molecular weight is 800 g/mol. The van der Waals surface area contributed by atoms with Crippen LogP contribution in [-0.2, 0) is 0 Å². The van der Waals surface area contributed by atoms with E-state index in [9.17, 15) is 0 Å². The summed E-state index contributed by atoms with van der Waals surface area (Å²) < 4.78 is 2.50. The molecule has 0 aliphatic heterocycles. The lowest BCUT2D eigenvalue weighted by molar-refractivity contribution is 1.17. The SMILES string of the molecule is c1ccc(-c2cc(-c3cccc(-n4c5ccc6ccccc6c5c5cc6ccccc6c(-c6ccc7c8ccccc8c8ccccc8c7c6)c54)c3)nc(-c3ccccc3)n2)cc1. The summed E-state index contributed by atoms with van der Waals surface area (Å²) in [5, 5.41) is 15.0. The number of rotatable bonds is 5. The zero-order valence-corrected chi connectivity index (χ0v) is 34.2. The van der Waals surface area contributed by atoms with Gasteiger partial charge in [0.25, 0.3) is 0 Å². The second-order valence-corrected chi connectivity index (χ2v) is 16.5. The highest BCUT2D eigenvalue weighted by molar-refractivity contribution is 6.29. The summed E-state index contributed by atoms with van der Waals surface area (Å²) in [6.45, 7) is 0. The fourth-order valence-corrected chi connectivity index (χ4v) is 10.1. The van der Waals surface area contributed by atoms with Crippen LogP contribution in [0.2, 0.25) is 0 Å². The molecule has 0 unspecified atom stereocenters. The van der Waals surface area contributed by atoms with E-state index in [4.69, 9.17) is 9.97 Å². The molecule has 13 aromatic rings. The van der Waals surface area contributed by atoms with Gasteiger partial charge in [-0.05, 0) is 95.8 Å². The normalized spacial score (nSPS) is 11.8. The molecule has 0 amide bonds. The van der Waals surface area contributed by atoms with Gasteiger partial charge >= 0.3 is 0 Å². The molecule has 11 aromatic carbocycles. The topological polar surface area (TPSA) is 30.7 Å². The van der Waals surface area contributed by atoms with Crippen molar-refractivity contribution in [2.24, 2.45) is 0 Å². The van der Waals surface area contributed by atoms with Crippen LogP contribution < -0.4 is 0 Å². The van der Waals surface area contributed by atoms with Gasteiger partial charge in [-0.1, -0.05) is 188 Å². The van der Waals surface area contributed by atoms with Crippen molar-refractivity contribution in [1.29, 1.82) is 0 Å². The summed E-state index contributed by atoms with van der Waals surface area (Å²) >= 11 is 0. The second kappa shape index (κ2) is 14.1. The van der Waals surface area contributed by atoms with Crippen LogP contribution in [0.1, 0.15) is 0 Å². The van der Waals surface area contributed by atoms with Crippen LogP contribution in [0.3, 0.4) is 0 Å². The molecule has 0 bridgehead atoms. The summed E-state index contributed by atoms with van der Waals surface area (Å²) in [5.41, 5.74) is 10.6. The van der Waals surface area contributed by atoms with Crippen molar-refractivity contribution in [1.82, 2.24) is 14.5 Å². The third-order valence-corrected chi connectivity index (χ3v) is 12.9. The molecule has 3 nitrogen and oxygen atoms in total. The highest BCUT2D eigenvalue weighted by Gasteiger charge is 2.22. The summed E-state index contributed by atoms with van der Waals surface area (Å²) in [7, 11) is 0. The van der Waals surface area contributed by atoms with E-state index in [1.165, 1.54) is 81.3 Å². The van der Waals surface area contributed by atoms with Gasteiger partial charge in [-0.2, -0.15) is 0 Å². The Morgan fingerprint density at radius 2 is 0.857 bits per heavy atom. The van der Waals surface area contributed by atoms with Gasteiger partial charge in [0.05, 0.1) is 22.4 Å². The second-order valence-electron chi connectivity index (χ2n) is 16.5. The van der Waals surface area contributed by atoms with Crippen molar-refractivity contribution in [2.45, 2.75) is 0 Å². The molecule has 2 aromatic heterocycles. The Hall–Kier alpha value is -8.40. The van der Waals surface area contributed by atoms with Crippen molar-refractivity contribution in [3.05, 3.63) is 224 Å². The molecule has 3 heteroatoms. The van der Waals surface area contributed by atoms with Crippen LogP contribution >= 0.6 is 0 Å². The molecule has 0 aliphatic carbocycles. The van der Waals surface area contributed by atoms with E-state index in [0.717, 1.165) is 39.3 Å². The van der Waals surface area contributed by atoms with Crippen LogP contribution in [0.15, 0.2) is 224 Å².